The Bertz CT molecular complexity index is 537. The smallest absolute Gasteiger partial charge is 0.234 e. The van der Waals surface area contributed by atoms with Gasteiger partial charge < -0.3 is 20.3 Å². The molecule has 0 spiro atoms. The van der Waals surface area contributed by atoms with E-state index in [1.165, 1.54) is 19.3 Å². The van der Waals surface area contributed by atoms with E-state index in [1.807, 2.05) is 6.07 Å². The van der Waals surface area contributed by atoms with Crippen molar-refractivity contribution < 1.29 is 4.74 Å². The lowest BCUT2D eigenvalue weighted by Crippen LogP contribution is -2.38. The number of nitrogens with zero attached hydrogens (tertiary/aromatic N) is 3. The number of thiocarbonyl (C=S) groups is 1. The minimum absolute atomic E-state index is 0.439. The predicted molar refractivity (Wildman–Crippen MR) is 93.7 cm³/mol. The van der Waals surface area contributed by atoms with Crippen molar-refractivity contribution in [3.63, 3.8) is 0 Å². The second-order valence-electron chi connectivity index (χ2n) is 5.25. The number of ether oxygens (including phenoxy) is 1. The van der Waals surface area contributed by atoms with E-state index in [1.54, 1.807) is 13.2 Å². The number of methoxy groups -OCH3 is 1. The van der Waals surface area contributed by atoms with Crippen LogP contribution in [-0.4, -0.2) is 41.3 Å². The molecule has 0 aliphatic carbocycles. The zero-order valence-corrected chi connectivity index (χ0v) is 13.9. The summed E-state index contributed by atoms with van der Waals surface area (Å²) in [4.78, 5) is 11.2. The number of hydrogen-bond acceptors (Lipinski definition) is 5. The summed E-state index contributed by atoms with van der Waals surface area (Å²) < 4.78 is 5.29. The molecule has 0 bridgehead atoms. The maximum Gasteiger partial charge on any atom is 0.234 e. The first kappa shape index (κ1) is 16.5. The second kappa shape index (κ2) is 7.93. The molecule has 1 aliphatic heterocycles. The van der Waals surface area contributed by atoms with Crippen molar-refractivity contribution in [3.05, 3.63) is 18.7 Å². The summed E-state index contributed by atoms with van der Waals surface area (Å²) in [6.45, 7) is 7.45. The molecule has 2 N–H and O–H groups in total. The van der Waals surface area contributed by atoms with Gasteiger partial charge in [0.25, 0.3) is 0 Å². The van der Waals surface area contributed by atoms with E-state index in [0.29, 0.717) is 29.5 Å². The second-order valence-corrected chi connectivity index (χ2v) is 5.66. The highest BCUT2D eigenvalue weighted by Crippen LogP contribution is 2.26. The van der Waals surface area contributed by atoms with Crippen LogP contribution in [0.2, 0.25) is 0 Å². The van der Waals surface area contributed by atoms with Crippen LogP contribution in [0.15, 0.2) is 18.7 Å². The van der Waals surface area contributed by atoms with E-state index in [9.17, 15) is 0 Å². The zero-order chi connectivity index (χ0) is 15.9. The molecule has 0 amide bonds. The van der Waals surface area contributed by atoms with Crippen LogP contribution in [0.25, 0.3) is 0 Å². The lowest BCUT2D eigenvalue weighted by molar-refractivity contribution is 0.396. The highest BCUT2D eigenvalue weighted by atomic mass is 32.1. The van der Waals surface area contributed by atoms with Gasteiger partial charge in [-0.2, -0.15) is 9.97 Å². The normalized spacial score (nSPS) is 17.7. The number of piperidine rings is 1. The molecule has 2 heterocycles. The molecule has 1 unspecified atom stereocenters. The van der Waals surface area contributed by atoms with Crippen LogP contribution in [0.5, 0.6) is 5.88 Å². The summed E-state index contributed by atoms with van der Waals surface area (Å²) in [5.41, 5.74) is 0. The van der Waals surface area contributed by atoms with Gasteiger partial charge >= 0.3 is 0 Å². The Morgan fingerprint density at radius 1 is 1.55 bits per heavy atom. The third-order valence-corrected chi connectivity index (χ3v) is 3.87. The fourth-order valence-electron chi connectivity index (χ4n) is 2.47. The van der Waals surface area contributed by atoms with Crippen molar-refractivity contribution >= 4 is 29.1 Å². The third-order valence-electron chi connectivity index (χ3n) is 3.63. The van der Waals surface area contributed by atoms with E-state index in [4.69, 9.17) is 17.0 Å². The SMILES string of the molecule is C=CCNC(=S)Nc1nc(OC)cc(N2CCCCC2C)n1. The molecular formula is C15H23N5OS. The quantitative estimate of drug-likeness (QED) is 0.637. The maximum atomic E-state index is 5.29. The topological polar surface area (TPSA) is 62.3 Å². The largest absolute Gasteiger partial charge is 0.481 e. The lowest BCUT2D eigenvalue weighted by atomic mass is 10.0. The Kier molecular flexibility index (Phi) is 5.94. The van der Waals surface area contributed by atoms with Gasteiger partial charge in [-0.1, -0.05) is 6.08 Å². The van der Waals surface area contributed by atoms with Gasteiger partial charge in [-0.05, 0) is 38.4 Å². The van der Waals surface area contributed by atoms with Crippen LogP contribution in [-0.2, 0) is 0 Å². The van der Waals surface area contributed by atoms with Crippen LogP contribution in [0, 0.1) is 0 Å². The Hall–Kier alpha value is -1.89. The number of anilines is 2. The van der Waals surface area contributed by atoms with Crippen LogP contribution < -0.4 is 20.3 Å². The third kappa shape index (κ3) is 4.30. The van der Waals surface area contributed by atoms with Gasteiger partial charge in [0.15, 0.2) is 5.11 Å². The maximum absolute atomic E-state index is 5.29. The molecule has 22 heavy (non-hydrogen) atoms. The van der Waals surface area contributed by atoms with Crippen molar-refractivity contribution in [2.75, 3.05) is 30.4 Å². The lowest BCUT2D eigenvalue weighted by Gasteiger charge is -2.34. The fraction of sp³-hybridized carbons (Fsp3) is 0.533. The predicted octanol–water partition coefficient (Wildman–Crippen LogP) is 2.34. The molecule has 1 fully saturated rings. The molecule has 1 aliphatic rings. The van der Waals surface area contributed by atoms with Gasteiger partial charge in [-0.15, -0.1) is 6.58 Å². The first-order chi connectivity index (χ1) is 10.6. The van der Waals surface area contributed by atoms with Gasteiger partial charge in [0, 0.05) is 25.2 Å². The van der Waals surface area contributed by atoms with Crippen molar-refractivity contribution in [2.24, 2.45) is 0 Å². The molecule has 7 heteroatoms. The minimum Gasteiger partial charge on any atom is -0.481 e. The van der Waals surface area contributed by atoms with Crippen LogP contribution in [0.1, 0.15) is 26.2 Å². The molecule has 1 aromatic rings. The zero-order valence-electron chi connectivity index (χ0n) is 13.1. The van der Waals surface area contributed by atoms with Crippen molar-refractivity contribution in [3.8, 4) is 5.88 Å². The van der Waals surface area contributed by atoms with Crippen LogP contribution in [0.4, 0.5) is 11.8 Å². The Morgan fingerprint density at radius 2 is 2.36 bits per heavy atom. The van der Waals surface area contributed by atoms with E-state index >= 15 is 0 Å². The first-order valence-electron chi connectivity index (χ1n) is 7.49. The molecule has 0 radical (unpaired) electrons. The average Bonchev–Trinajstić information content (AvgIpc) is 2.53. The Labute approximate surface area is 137 Å². The van der Waals surface area contributed by atoms with Crippen LogP contribution in [0.3, 0.4) is 0 Å². The molecule has 1 atom stereocenters. The Balaban J connectivity index is 2.18. The van der Waals surface area contributed by atoms with Gasteiger partial charge in [-0.3, -0.25) is 0 Å². The number of hydrogen-bond donors (Lipinski definition) is 2. The fourth-order valence-corrected chi connectivity index (χ4v) is 2.64. The first-order valence-corrected chi connectivity index (χ1v) is 7.90. The molecule has 120 valence electrons. The van der Waals surface area contributed by atoms with Gasteiger partial charge in [0.1, 0.15) is 5.82 Å². The monoisotopic (exact) mass is 321 g/mol. The summed E-state index contributed by atoms with van der Waals surface area (Å²) in [5, 5.41) is 6.45. The average molecular weight is 321 g/mol. The summed E-state index contributed by atoms with van der Waals surface area (Å²) in [6.07, 6.45) is 5.36. The van der Waals surface area contributed by atoms with E-state index in [2.05, 4.69) is 39.0 Å². The van der Waals surface area contributed by atoms with Gasteiger partial charge in [0.2, 0.25) is 11.8 Å². The summed E-state index contributed by atoms with van der Waals surface area (Å²) in [6, 6.07) is 2.33. The summed E-state index contributed by atoms with van der Waals surface area (Å²) >= 11 is 5.20. The Morgan fingerprint density at radius 3 is 3.05 bits per heavy atom. The number of rotatable bonds is 5. The molecule has 0 saturated carbocycles. The molecule has 0 aromatic carbocycles. The standard InChI is InChI=1S/C15H23N5OS/c1-4-8-16-15(22)19-14-17-12(10-13(18-14)21-3)20-9-6-5-7-11(20)2/h4,10-11H,1,5-9H2,2-3H3,(H2,16,17,18,19,22). The van der Waals surface area contributed by atoms with E-state index in [0.717, 1.165) is 12.4 Å². The number of aromatic nitrogens is 2. The molecule has 6 nitrogen and oxygen atoms in total. The van der Waals surface area contributed by atoms with E-state index < -0.39 is 0 Å². The molecule has 2 rings (SSSR count). The summed E-state index contributed by atoms with van der Waals surface area (Å²) in [5.74, 6) is 1.83. The highest BCUT2D eigenvalue weighted by Gasteiger charge is 2.21. The minimum atomic E-state index is 0.439. The van der Waals surface area contributed by atoms with Crippen molar-refractivity contribution in [1.82, 2.24) is 15.3 Å². The van der Waals surface area contributed by atoms with E-state index in [-0.39, 0.29) is 0 Å². The summed E-state index contributed by atoms with van der Waals surface area (Å²) in [7, 11) is 1.60. The highest BCUT2D eigenvalue weighted by molar-refractivity contribution is 7.80. The molecular weight excluding hydrogens is 298 g/mol. The molecule has 1 aromatic heterocycles. The van der Waals surface area contributed by atoms with Crippen LogP contribution >= 0.6 is 12.2 Å². The van der Waals surface area contributed by atoms with Gasteiger partial charge in [0.05, 0.1) is 7.11 Å². The van der Waals surface area contributed by atoms with Crippen molar-refractivity contribution in [1.29, 1.82) is 0 Å². The molecule has 1 saturated heterocycles. The van der Waals surface area contributed by atoms with Gasteiger partial charge in [-0.25, -0.2) is 0 Å². The van der Waals surface area contributed by atoms with Crippen molar-refractivity contribution in [2.45, 2.75) is 32.2 Å². The number of nitrogens with one attached hydrogen (secondary N) is 2.